The van der Waals surface area contributed by atoms with E-state index in [1.807, 2.05) is 0 Å². The second-order valence-electron chi connectivity index (χ2n) is 3.74. The average Bonchev–Trinajstić information content (AvgIpc) is 2.36. The van der Waals surface area contributed by atoms with Gasteiger partial charge in [0.05, 0.1) is 12.7 Å². The zero-order valence-electron chi connectivity index (χ0n) is 10.0. The number of halogens is 5. The molecule has 1 aromatic carbocycles. The summed E-state index contributed by atoms with van der Waals surface area (Å²) in [6.45, 7) is 0. The van der Waals surface area contributed by atoms with Gasteiger partial charge >= 0.3 is 6.18 Å². The number of ether oxygens (including phenoxy) is 1. The van der Waals surface area contributed by atoms with Crippen molar-refractivity contribution in [2.24, 2.45) is 0 Å². The molecule has 8 heteroatoms. The van der Waals surface area contributed by atoms with E-state index in [0.29, 0.717) is 6.07 Å². The number of hydrogen-bond donors (Lipinski definition) is 0. The maximum atomic E-state index is 13.5. The van der Waals surface area contributed by atoms with Gasteiger partial charge in [0.2, 0.25) is 0 Å². The van der Waals surface area contributed by atoms with Crippen LogP contribution in [0.4, 0.5) is 17.6 Å². The molecule has 0 amide bonds. The Morgan fingerprint density at radius 3 is 2.45 bits per heavy atom. The quantitative estimate of drug-likeness (QED) is 0.622. The van der Waals surface area contributed by atoms with Crippen molar-refractivity contribution in [2.75, 3.05) is 7.11 Å². The van der Waals surface area contributed by atoms with E-state index in [2.05, 4.69) is 9.97 Å². The molecule has 20 heavy (non-hydrogen) atoms. The molecule has 0 atom stereocenters. The third-order valence-corrected chi connectivity index (χ3v) is 2.78. The number of methoxy groups -OCH3 is 1. The zero-order valence-corrected chi connectivity index (χ0v) is 10.8. The van der Waals surface area contributed by atoms with Crippen molar-refractivity contribution in [3.8, 4) is 17.0 Å². The Morgan fingerprint density at radius 2 is 1.90 bits per heavy atom. The van der Waals surface area contributed by atoms with E-state index < -0.39 is 17.6 Å². The number of alkyl halides is 3. The number of aromatic nitrogens is 2. The van der Waals surface area contributed by atoms with Crippen molar-refractivity contribution in [1.82, 2.24) is 9.97 Å². The number of rotatable bonds is 2. The summed E-state index contributed by atoms with van der Waals surface area (Å²) in [7, 11) is 1.30. The van der Waals surface area contributed by atoms with Crippen LogP contribution in [0.15, 0.2) is 24.5 Å². The van der Waals surface area contributed by atoms with Gasteiger partial charge in [0.15, 0.2) is 10.9 Å². The topological polar surface area (TPSA) is 35.0 Å². The minimum Gasteiger partial charge on any atom is -0.491 e. The van der Waals surface area contributed by atoms with Gasteiger partial charge in [-0.15, -0.1) is 0 Å². The fourth-order valence-corrected chi connectivity index (χ4v) is 1.84. The van der Waals surface area contributed by atoms with Crippen LogP contribution in [-0.2, 0) is 6.18 Å². The Kier molecular flexibility index (Phi) is 3.80. The van der Waals surface area contributed by atoms with Crippen molar-refractivity contribution >= 4 is 11.6 Å². The minimum absolute atomic E-state index is 0.0159. The highest BCUT2D eigenvalue weighted by Gasteiger charge is 2.34. The normalized spacial score (nSPS) is 11.5. The molecule has 0 aliphatic carbocycles. The van der Waals surface area contributed by atoms with Crippen molar-refractivity contribution in [3.05, 3.63) is 41.1 Å². The zero-order chi connectivity index (χ0) is 14.9. The van der Waals surface area contributed by atoms with Gasteiger partial charge in [-0.25, -0.2) is 14.4 Å². The molecule has 0 N–H and O–H groups in total. The first-order chi connectivity index (χ1) is 9.34. The lowest BCUT2D eigenvalue weighted by Gasteiger charge is -2.11. The lowest BCUT2D eigenvalue weighted by molar-refractivity contribution is -0.139. The molecule has 0 aliphatic heterocycles. The first-order valence-corrected chi connectivity index (χ1v) is 5.64. The Hall–Kier alpha value is -1.89. The van der Waals surface area contributed by atoms with E-state index in [1.165, 1.54) is 7.11 Å². The highest BCUT2D eigenvalue weighted by molar-refractivity contribution is 6.31. The molecule has 2 rings (SSSR count). The van der Waals surface area contributed by atoms with Crippen molar-refractivity contribution < 1.29 is 22.3 Å². The van der Waals surface area contributed by atoms with Crippen LogP contribution in [0.1, 0.15) is 5.56 Å². The van der Waals surface area contributed by atoms with Crippen LogP contribution in [0.2, 0.25) is 5.15 Å². The van der Waals surface area contributed by atoms with E-state index in [4.69, 9.17) is 16.3 Å². The molecular formula is C12H7ClF4N2O. The van der Waals surface area contributed by atoms with E-state index in [9.17, 15) is 17.6 Å². The van der Waals surface area contributed by atoms with E-state index in [1.54, 1.807) is 0 Å². The average molecular weight is 307 g/mol. The second kappa shape index (κ2) is 5.24. The summed E-state index contributed by atoms with van der Waals surface area (Å²) < 4.78 is 55.9. The molecule has 0 spiro atoms. The Morgan fingerprint density at radius 1 is 1.20 bits per heavy atom. The highest BCUT2D eigenvalue weighted by Crippen LogP contribution is 2.36. The van der Waals surface area contributed by atoms with Crippen LogP contribution in [0, 0.1) is 5.82 Å². The summed E-state index contributed by atoms with van der Waals surface area (Å²) in [5, 5.41) is -0.0159. The van der Waals surface area contributed by atoms with Crippen molar-refractivity contribution in [2.45, 2.75) is 6.18 Å². The summed E-state index contributed by atoms with van der Waals surface area (Å²) in [5.41, 5.74) is -1.13. The van der Waals surface area contributed by atoms with Crippen LogP contribution in [0.5, 0.6) is 5.75 Å². The first kappa shape index (κ1) is 14.5. The molecule has 1 heterocycles. The highest BCUT2D eigenvalue weighted by atomic mass is 35.5. The minimum atomic E-state index is -4.75. The predicted octanol–water partition coefficient (Wildman–Crippen LogP) is 3.96. The summed E-state index contributed by atoms with van der Waals surface area (Å²) in [6, 6.07) is 2.46. The SMILES string of the molecule is COc1c(Cl)ncnc1-c1ccc(C(F)(F)F)c(F)c1. The fourth-order valence-electron chi connectivity index (χ4n) is 1.63. The van der Waals surface area contributed by atoms with Gasteiger partial charge in [-0.3, -0.25) is 0 Å². The second-order valence-corrected chi connectivity index (χ2v) is 4.10. The molecule has 0 saturated carbocycles. The molecule has 2 aromatic rings. The molecule has 0 radical (unpaired) electrons. The third kappa shape index (κ3) is 2.67. The van der Waals surface area contributed by atoms with Gasteiger partial charge in [-0.05, 0) is 12.1 Å². The Bertz CT molecular complexity index is 646. The number of benzene rings is 1. The summed E-state index contributed by atoms with van der Waals surface area (Å²) in [5.74, 6) is -1.33. The van der Waals surface area contributed by atoms with E-state index >= 15 is 0 Å². The van der Waals surface area contributed by atoms with E-state index in [-0.39, 0.29) is 22.2 Å². The van der Waals surface area contributed by atoms with Crippen LogP contribution in [-0.4, -0.2) is 17.1 Å². The van der Waals surface area contributed by atoms with Crippen molar-refractivity contribution in [1.29, 1.82) is 0 Å². The summed E-state index contributed by atoms with van der Waals surface area (Å²) >= 11 is 5.77. The van der Waals surface area contributed by atoms with Crippen LogP contribution < -0.4 is 4.74 Å². The fraction of sp³-hybridized carbons (Fsp3) is 0.167. The molecule has 0 unspecified atom stereocenters. The largest absolute Gasteiger partial charge is 0.491 e. The Labute approximate surface area is 116 Å². The maximum absolute atomic E-state index is 13.5. The molecule has 0 bridgehead atoms. The smallest absolute Gasteiger partial charge is 0.419 e. The van der Waals surface area contributed by atoms with Gasteiger partial charge in [0, 0.05) is 5.56 Å². The van der Waals surface area contributed by atoms with Crippen molar-refractivity contribution in [3.63, 3.8) is 0 Å². The first-order valence-electron chi connectivity index (χ1n) is 5.26. The summed E-state index contributed by atoms with van der Waals surface area (Å²) in [6.07, 6.45) is -3.65. The molecule has 0 saturated heterocycles. The Balaban J connectivity index is 2.56. The number of nitrogens with zero attached hydrogens (tertiary/aromatic N) is 2. The van der Waals surface area contributed by atoms with Gasteiger partial charge in [0.1, 0.15) is 17.8 Å². The van der Waals surface area contributed by atoms with E-state index in [0.717, 1.165) is 18.5 Å². The summed E-state index contributed by atoms with van der Waals surface area (Å²) in [4.78, 5) is 7.52. The van der Waals surface area contributed by atoms with Crippen LogP contribution in [0.3, 0.4) is 0 Å². The molecule has 0 fully saturated rings. The van der Waals surface area contributed by atoms with Gasteiger partial charge < -0.3 is 4.74 Å². The standard InChI is InChI=1S/C12H7ClF4N2O/c1-20-10-9(18-5-19-11(10)13)6-2-3-7(8(14)4-6)12(15,16)17/h2-5H,1H3. The van der Waals surface area contributed by atoms with Gasteiger partial charge in [-0.2, -0.15) is 13.2 Å². The number of hydrogen-bond acceptors (Lipinski definition) is 3. The van der Waals surface area contributed by atoms with Gasteiger partial charge in [-0.1, -0.05) is 17.7 Å². The lowest BCUT2D eigenvalue weighted by Crippen LogP contribution is -2.08. The predicted molar refractivity (Wildman–Crippen MR) is 64.0 cm³/mol. The van der Waals surface area contributed by atoms with Crippen LogP contribution >= 0.6 is 11.6 Å². The third-order valence-electron chi connectivity index (χ3n) is 2.51. The monoisotopic (exact) mass is 306 g/mol. The molecule has 1 aromatic heterocycles. The maximum Gasteiger partial charge on any atom is 0.419 e. The molecular weight excluding hydrogens is 300 g/mol. The molecule has 3 nitrogen and oxygen atoms in total. The van der Waals surface area contributed by atoms with Crippen LogP contribution in [0.25, 0.3) is 11.3 Å². The molecule has 0 aliphatic rings. The molecule has 106 valence electrons. The van der Waals surface area contributed by atoms with Gasteiger partial charge in [0.25, 0.3) is 0 Å². The lowest BCUT2D eigenvalue weighted by atomic mass is 10.1.